The van der Waals surface area contributed by atoms with Gasteiger partial charge in [0.05, 0.1) is 19.0 Å². The van der Waals surface area contributed by atoms with Gasteiger partial charge in [0, 0.05) is 30.3 Å². The van der Waals surface area contributed by atoms with E-state index in [1.807, 2.05) is 11.5 Å². The third kappa shape index (κ3) is 4.56. The van der Waals surface area contributed by atoms with Crippen LogP contribution in [0.4, 0.5) is 10.1 Å². The fraction of sp³-hybridized carbons (Fsp3) is 0.286. The highest BCUT2D eigenvalue weighted by Gasteiger charge is 2.16. The SMILES string of the molecule is CCn1c(SCC(=O)Nc2ccc3c(c2)OCCCO3)nnc1-c1ccc(F)cc1. The van der Waals surface area contributed by atoms with Gasteiger partial charge in [-0.3, -0.25) is 4.79 Å². The predicted molar refractivity (Wildman–Crippen MR) is 112 cm³/mol. The van der Waals surface area contributed by atoms with E-state index < -0.39 is 0 Å². The van der Waals surface area contributed by atoms with E-state index in [1.54, 1.807) is 30.3 Å². The average Bonchev–Trinajstić information content (AvgIpc) is 3.02. The van der Waals surface area contributed by atoms with Crippen LogP contribution in [-0.4, -0.2) is 39.6 Å². The summed E-state index contributed by atoms with van der Waals surface area (Å²) in [7, 11) is 0. The van der Waals surface area contributed by atoms with Gasteiger partial charge in [0.2, 0.25) is 5.91 Å². The Morgan fingerprint density at radius 1 is 1.13 bits per heavy atom. The predicted octanol–water partition coefficient (Wildman–Crippen LogP) is 4.00. The lowest BCUT2D eigenvalue weighted by atomic mass is 10.2. The minimum atomic E-state index is -0.303. The summed E-state index contributed by atoms with van der Waals surface area (Å²) in [4.78, 5) is 12.4. The van der Waals surface area contributed by atoms with Gasteiger partial charge in [-0.25, -0.2) is 4.39 Å². The molecule has 1 aliphatic heterocycles. The van der Waals surface area contributed by atoms with E-state index in [9.17, 15) is 9.18 Å². The lowest BCUT2D eigenvalue weighted by molar-refractivity contribution is -0.113. The number of nitrogens with zero attached hydrogens (tertiary/aromatic N) is 3. The van der Waals surface area contributed by atoms with Crippen molar-refractivity contribution in [1.82, 2.24) is 14.8 Å². The number of aromatic nitrogens is 3. The smallest absolute Gasteiger partial charge is 0.234 e. The van der Waals surface area contributed by atoms with Gasteiger partial charge in [-0.2, -0.15) is 0 Å². The molecule has 3 aromatic rings. The molecule has 7 nitrogen and oxygen atoms in total. The molecule has 1 aromatic heterocycles. The van der Waals surface area contributed by atoms with Crippen molar-refractivity contribution in [2.24, 2.45) is 0 Å². The number of hydrogen-bond donors (Lipinski definition) is 1. The van der Waals surface area contributed by atoms with Gasteiger partial charge in [-0.1, -0.05) is 11.8 Å². The molecule has 0 bridgehead atoms. The van der Waals surface area contributed by atoms with Gasteiger partial charge >= 0.3 is 0 Å². The molecule has 156 valence electrons. The molecule has 4 rings (SSSR count). The van der Waals surface area contributed by atoms with E-state index in [2.05, 4.69) is 15.5 Å². The topological polar surface area (TPSA) is 78.3 Å². The fourth-order valence-electron chi connectivity index (χ4n) is 3.06. The first-order valence-electron chi connectivity index (χ1n) is 9.65. The number of hydrogen-bond acceptors (Lipinski definition) is 6. The molecule has 1 amide bonds. The summed E-state index contributed by atoms with van der Waals surface area (Å²) >= 11 is 1.30. The second-order valence-corrected chi connectivity index (χ2v) is 7.55. The van der Waals surface area contributed by atoms with Crippen LogP contribution in [0.15, 0.2) is 47.6 Å². The van der Waals surface area contributed by atoms with E-state index in [1.165, 1.54) is 23.9 Å². The Kier molecular flexibility index (Phi) is 6.18. The average molecular weight is 428 g/mol. The fourth-order valence-corrected chi connectivity index (χ4v) is 3.86. The van der Waals surface area contributed by atoms with Crippen molar-refractivity contribution in [3.63, 3.8) is 0 Å². The molecule has 0 spiro atoms. The van der Waals surface area contributed by atoms with Gasteiger partial charge in [-0.15, -0.1) is 10.2 Å². The molecule has 0 saturated carbocycles. The second-order valence-electron chi connectivity index (χ2n) is 6.61. The summed E-state index contributed by atoms with van der Waals surface area (Å²) < 4.78 is 26.3. The highest BCUT2D eigenvalue weighted by molar-refractivity contribution is 7.99. The Labute approximate surface area is 177 Å². The molecule has 0 fully saturated rings. The summed E-state index contributed by atoms with van der Waals surface area (Å²) in [6.45, 7) is 3.81. The van der Waals surface area contributed by atoms with Crippen molar-refractivity contribution in [1.29, 1.82) is 0 Å². The highest BCUT2D eigenvalue weighted by atomic mass is 32.2. The molecule has 0 aliphatic carbocycles. The lowest BCUT2D eigenvalue weighted by Gasteiger charge is -2.10. The van der Waals surface area contributed by atoms with Crippen LogP contribution in [0.3, 0.4) is 0 Å². The highest BCUT2D eigenvalue weighted by Crippen LogP contribution is 2.32. The second kappa shape index (κ2) is 9.17. The zero-order valence-corrected chi connectivity index (χ0v) is 17.2. The first-order valence-corrected chi connectivity index (χ1v) is 10.6. The summed E-state index contributed by atoms with van der Waals surface area (Å²) in [6.07, 6.45) is 0.824. The molecule has 2 aromatic carbocycles. The number of anilines is 1. The van der Waals surface area contributed by atoms with Crippen molar-refractivity contribution in [2.45, 2.75) is 25.0 Å². The maximum Gasteiger partial charge on any atom is 0.234 e. The summed E-state index contributed by atoms with van der Waals surface area (Å²) in [5, 5.41) is 11.9. The Hall–Kier alpha value is -3.07. The Morgan fingerprint density at radius 2 is 1.90 bits per heavy atom. The zero-order valence-electron chi connectivity index (χ0n) is 16.4. The van der Waals surface area contributed by atoms with Crippen LogP contribution in [-0.2, 0) is 11.3 Å². The maximum atomic E-state index is 13.2. The Morgan fingerprint density at radius 3 is 2.67 bits per heavy atom. The number of fused-ring (bicyclic) bond motifs is 1. The molecular weight excluding hydrogens is 407 g/mol. The van der Waals surface area contributed by atoms with Crippen LogP contribution < -0.4 is 14.8 Å². The summed E-state index contributed by atoms with van der Waals surface area (Å²) in [5.41, 5.74) is 1.42. The van der Waals surface area contributed by atoms with Gasteiger partial charge in [0.15, 0.2) is 22.5 Å². The third-order valence-corrected chi connectivity index (χ3v) is 5.47. The van der Waals surface area contributed by atoms with Gasteiger partial charge in [0.25, 0.3) is 0 Å². The van der Waals surface area contributed by atoms with Crippen molar-refractivity contribution < 1.29 is 18.7 Å². The first-order chi connectivity index (χ1) is 14.6. The van der Waals surface area contributed by atoms with Crippen LogP contribution >= 0.6 is 11.8 Å². The number of amides is 1. The third-order valence-electron chi connectivity index (χ3n) is 4.50. The van der Waals surface area contributed by atoms with E-state index in [0.717, 1.165) is 12.0 Å². The summed E-state index contributed by atoms with van der Waals surface area (Å²) in [5.74, 6) is 1.67. The molecule has 2 heterocycles. The number of carbonyl (C=O) groups is 1. The molecule has 0 saturated heterocycles. The molecule has 0 atom stereocenters. The minimum Gasteiger partial charge on any atom is -0.490 e. The number of nitrogens with one attached hydrogen (secondary N) is 1. The number of benzene rings is 2. The van der Waals surface area contributed by atoms with E-state index in [0.29, 0.717) is 47.9 Å². The molecule has 0 radical (unpaired) electrons. The Balaban J connectivity index is 1.40. The van der Waals surface area contributed by atoms with Gasteiger partial charge in [-0.05, 0) is 43.3 Å². The molecule has 0 unspecified atom stereocenters. The van der Waals surface area contributed by atoms with Crippen molar-refractivity contribution in [2.75, 3.05) is 24.3 Å². The largest absolute Gasteiger partial charge is 0.490 e. The Bertz CT molecular complexity index is 1040. The standard InChI is InChI=1S/C21H21FN4O3S/c1-2-26-20(14-4-6-15(22)7-5-14)24-25-21(26)30-13-19(27)23-16-8-9-17-18(12-16)29-11-3-10-28-17/h4-9,12H,2-3,10-11,13H2,1H3,(H,23,27). The van der Waals surface area contributed by atoms with Crippen molar-refractivity contribution >= 4 is 23.4 Å². The quantitative estimate of drug-likeness (QED) is 0.598. The van der Waals surface area contributed by atoms with E-state index in [4.69, 9.17) is 9.47 Å². The monoisotopic (exact) mass is 428 g/mol. The van der Waals surface area contributed by atoms with Gasteiger partial charge in [0.1, 0.15) is 5.82 Å². The number of thioether (sulfide) groups is 1. The van der Waals surface area contributed by atoms with Gasteiger partial charge < -0.3 is 19.4 Å². The van der Waals surface area contributed by atoms with Crippen LogP contribution in [0.5, 0.6) is 11.5 Å². The van der Waals surface area contributed by atoms with E-state index in [-0.39, 0.29) is 17.5 Å². The number of carbonyl (C=O) groups excluding carboxylic acids is 1. The van der Waals surface area contributed by atoms with Crippen molar-refractivity contribution in [3.8, 4) is 22.9 Å². The summed E-state index contributed by atoms with van der Waals surface area (Å²) in [6, 6.07) is 11.5. The van der Waals surface area contributed by atoms with Crippen molar-refractivity contribution in [3.05, 3.63) is 48.3 Å². The zero-order chi connectivity index (χ0) is 20.9. The van der Waals surface area contributed by atoms with Crippen LogP contribution in [0.2, 0.25) is 0 Å². The first kappa shape index (κ1) is 20.2. The van der Waals surface area contributed by atoms with Crippen LogP contribution in [0.1, 0.15) is 13.3 Å². The lowest BCUT2D eigenvalue weighted by Crippen LogP contribution is -2.14. The molecule has 9 heteroatoms. The molecule has 1 N–H and O–H groups in total. The number of ether oxygens (including phenoxy) is 2. The molecule has 30 heavy (non-hydrogen) atoms. The number of halogens is 1. The normalized spacial score (nSPS) is 13.0. The van der Waals surface area contributed by atoms with E-state index >= 15 is 0 Å². The maximum absolute atomic E-state index is 13.2. The minimum absolute atomic E-state index is 0.163. The number of rotatable bonds is 6. The van der Waals surface area contributed by atoms with Crippen LogP contribution in [0, 0.1) is 5.82 Å². The van der Waals surface area contributed by atoms with Crippen LogP contribution in [0.25, 0.3) is 11.4 Å². The molecular formula is C21H21FN4O3S. The molecule has 1 aliphatic rings.